The number of benzene rings is 2. The number of rotatable bonds is 3. The molecule has 0 amide bonds. The summed E-state index contributed by atoms with van der Waals surface area (Å²) in [5, 5.41) is 1.50. The summed E-state index contributed by atoms with van der Waals surface area (Å²) < 4.78 is 0.303. The SMILES string of the molecule is CC1=Cc2c(-c3ccc([Si](C)(C)C)cc3)cccc2[CH]1[Zr]([Cl])[Cl]. The monoisotopic (exact) mass is 437 g/mol. The third-order valence-corrected chi connectivity index (χ3v) is 12.2. The van der Waals surface area contributed by atoms with Crippen LogP contribution in [0.5, 0.6) is 0 Å². The summed E-state index contributed by atoms with van der Waals surface area (Å²) in [5.41, 5.74) is 6.54. The van der Waals surface area contributed by atoms with Crippen molar-refractivity contribution in [3.8, 4) is 11.1 Å². The van der Waals surface area contributed by atoms with Crippen molar-refractivity contribution in [2.45, 2.75) is 30.2 Å². The second-order valence-corrected chi connectivity index (χ2v) is 21.1. The second-order valence-electron chi connectivity index (χ2n) is 7.25. The zero-order chi connectivity index (χ0) is 16.8. The molecular weight excluding hydrogens is 418 g/mol. The topological polar surface area (TPSA) is 0 Å². The molecule has 0 saturated heterocycles. The van der Waals surface area contributed by atoms with Crippen molar-refractivity contribution in [3.63, 3.8) is 0 Å². The van der Waals surface area contributed by atoms with Gasteiger partial charge in [0.15, 0.2) is 0 Å². The third-order valence-electron chi connectivity index (χ3n) is 4.56. The van der Waals surface area contributed by atoms with E-state index in [0.717, 1.165) is 0 Å². The molecule has 1 aliphatic carbocycles. The summed E-state index contributed by atoms with van der Waals surface area (Å²) in [7, 11) is 11.6. The summed E-state index contributed by atoms with van der Waals surface area (Å²) in [4.78, 5) is 0. The normalized spacial score (nSPS) is 17.0. The van der Waals surface area contributed by atoms with Gasteiger partial charge in [-0.15, -0.1) is 0 Å². The van der Waals surface area contributed by atoms with E-state index in [-0.39, 0.29) is 0 Å². The molecule has 0 nitrogen and oxygen atoms in total. The second kappa shape index (κ2) is 6.64. The average molecular weight is 440 g/mol. The fraction of sp³-hybridized carbons (Fsp3) is 0.263. The standard InChI is InChI=1S/C19H21Si.2ClH.Zr/c1-14-12-16-6-5-7-18(19(16)13-14)15-8-10-17(11-9-15)20(2,3)4;;;/h5-13H,1-4H3;2*1H;/q;;;+2/p-2. The summed E-state index contributed by atoms with van der Waals surface area (Å²) in [5.74, 6) is 0. The summed E-state index contributed by atoms with van der Waals surface area (Å²) in [6.45, 7) is 9.31. The molecule has 2 aromatic rings. The van der Waals surface area contributed by atoms with Crippen LogP contribution in [0.3, 0.4) is 0 Å². The quantitative estimate of drug-likeness (QED) is 0.494. The maximum atomic E-state index is 6.40. The number of fused-ring (bicyclic) bond motifs is 1. The van der Waals surface area contributed by atoms with Gasteiger partial charge in [-0.2, -0.15) is 0 Å². The van der Waals surface area contributed by atoms with Crippen molar-refractivity contribution in [2.24, 2.45) is 0 Å². The zero-order valence-corrected chi connectivity index (χ0v) is 18.9. The van der Waals surface area contributed by atoms with Crippen molar-refractivity contribution < 1.29 is 19.4 Å². The zero-order valence-electron chi connectivity index (χ0n) is 14.0. The number of halogens is 2. The molecule has 0 saturated carbocycles. The summed E-state index contributed by atoms with van der Waals surface area (Å²) >= 11 is -2.35. The van der Waals surface area contributed by atoms with Crippen molar-refractivity contribution in [1.82, 2.24) is 0 Å². The summed E-state index contributed by atoms with van der Waals surface area (Å²) in [6.07, 6.45) is 2.28. The predicted molar refractivity (Wildman–Crippen MR) is 103 cm³/mol. The van der Waals surface area contributed by atoms with Crippen molar-refractivity contribution >= 4 is 36.4 Å². The average Bonchev–Trinajstić information content (AvgIpc) is 2.82. The molecule has 4 heteroatoms. The molecule has 0 N–H and O–H groups in total. The Hall–Kier alpha value is -0.140. The van der Waals surface area contributed by atoms with E-state index in [0.29, 0.717) is 3.63 Å². The van der Waals surface area contributed by atoms with E-state index in [4.69, 9.17) is 17.0 Å². The van der Waals surface area contributed by atoms with E-state index in [1.54, 1.807) is 0 Å². The van der Waals surface area contributed by atoms with Crippen LogP contribution in [0, 0.1) is 0 Å². The van der Waals surface area contributed by atoms with Crippen LogP contribution in [0.25, 0.3) is 17.2 Å². The van der Waals surface area contributed by atoms with Crippen LogP contribution in [-0.2, 0) is 19.4 Å². The third kappa shape index (κ3) is 3.47. The minimum absolute atomic E-state index is 0.303. The Morgan fingerprint density at radius 2 is 1.61 bits per heavy atom. The van der Waals surface area contributed by atoms with Crippen LogP contribution in [0.15, 0.2) is 48.0 Å². The van der Waals surface area contributed by atoms with E-state index in [9.17, 15) is 0 Å². The van der Waals surface area contributed by atoms with Gasteiger partial charge in [-0.25, -0.2) is 0 Å². The molecule has 1 unspecified atom stereocenters. The van der Waals surface area contributed by atoms with E-state index in [2.05, 4.69) is 75.1 Å². The molecule has 23 heavy (non-hydrogen) atoms. The fourth-order valence-electron chi connectivity index (χ4n) is 3.24. The van der Waals surface area contributed by atoms with Crippen LogP contribution in [-0.4, -0.2) is 8.07 Å². The van der Waals surface area contributed by atoms with Gasteiger partial charge < -0.3 is 0 Å². The molecule has 1 aliphatic rings. The number of allylic oxidation sites excluding steroid dienone is 1. The summed E-state index contributed by atoms with van der Waals surface area (Å²) in [6, 6.07) is 15.7. The van der Waals surface area contributed by atoms with Crippen LogP contribution in [0.4, 0.5) is 0 Å². The number of hydrogen-bond acceptors (Lipinski definition) is 0. The Labute approximate surface area is 155 Å². The Morgan fingerprint density at radius 3 is 2.17 bits per heavy atom. The van der Waals surface area contributed by atoms with Gasteiger partial charge in [-0.1, -0.05) is 0 Å². The van der Waals surface area contributed by atoms with Gasteiger partial charge >= 0.3 is 156 Å². The van der Waals surface area contributed by atoms with Crippen LogP contribution in [0.2, 0.25) is 19.6 Å². The van der Waals surface area contributed by atoms with Gasteiger partial charge in [-0.3, -0.25) is 0 Å². The van der Waals surface area contributed by atoms with E-state index in [1.807, 2.05) is 0 Å². The fourth-order valence-corrected chi connectivity index (χ4v) is 10.1. The molecule has 0 fully saturated rings. The van der Waals surface area contributed by atoms with Crippen LogP contribution < -0.4 is 5.19 Å². The Morgan fingerprint density at radius 1 is 0.957 bits per heavy atom. The molecule has 0 aliphatic heterocycles. The van der Waals surface area contributed by atoms with Crippen LogP contribution in [0.1, 0.15) is 21.7 Å². The molecule has 0 aromatic heterocycles. The first-order valence-electron chi connectivity index (χ1n) is 7.89. The first-order chi connectivity index (χ1) is 10.8. The molecule has 3 rings (SSSR count). The molecule has 0 heterocycles. The van der Waals surface area contributed by atoms with Crippen molar-refractivity contribution in [1.29, 1.82) is 0 Å². The van der Waals surface area contributed by atoms with Gasteiger partial charge in [0.05, 0.1) is 0 Å². The molecule has 1 atom stereocenters. The van der Waals surface area contributed by atoms with Crippen molar-refractivity contribution in [3.05, 3.63) is 59.2 Å². The van der Waals surface area contributed by atoms with Gasteiger partial charge in [0.2, 0.25) is 0 Å². The van der Waals surface area contributed by atoms with Crippen molar-refractivity contribution in [2.75, 3.05) is 0 Å². The molecule has 0 radical (unpaired) electrons. The number of hydrogen-bond donors (Lipinski definition) is 0. The van der Waals surface area contributed by atoms with Crippen LogP contribution >= 0.6 is 17.0 Å². The van der Waals surface area contributed by atoms with E-state index >= 15 is 0 Å². The van der Waals surface area contributed by atoms with E-state index < -0.39 is 27.4 Å². The molecule has 2 aromatic carbocycles. The molecule has 0 spiro atoms. The maximum absolute atomic E-state index is 6.40. The van der Waals surface area contributed by atoms with Gasteiger partial charge in [0, 0.05) is 0 Å². The van der Waals surface area contributed by atoms with Gasteiger partial charge in [0.1, 0.15) is 0 Å². The molecule has 0 bridgehead atoms. The predicted octanol–water partition coefficient (Wildman–Crippen LogP) is 6.28. The first kappa shape index (κ1) is 17.7. The minimum atomic E-state index is -2.35. The Kier molecular flexibility index (Phi) is 5.10. The Balaban J connectivity index is 2.07. The van der Waals surface area contributed by atoms with E-state index in [1.165, 1.54) is 33.0 Å². The first-order valence-corrected chi connectivity index (χ1v) is 19.1. The van der Waals surface area contributed by atoms with Gasteiger partial charge in [0.25, 0.3) is 0 Å². The Bertz CT molecular complexity index is 758. The molecular formula is C19H21Cl2SiZr. The van der Waals surface area contributed by atoms with Gasteiger partial charge in [-0.05, 0) is 0 Å². The molecule has 119 valence electrons.